The third-order valence-electron chi connectivity index (χ3n) is 5.46. The molecule has 8 heteroatoms. The van der Waals surface area contributed by atoms with E-state index in [4.69, 9.17) is 9.52 Å². The maximum Gasteiger partial charge on any atom is 0.340 e. The molecule has 0 unspecified atom stereocenters. The van der Waals surface area contributed by atoms with E-state index in [0.717, 1.165) is 18.9 Å². The molecule has 0 saturated heterocycles. The summed E-state index contributed by atoms with van der Waals surface area (Å²) in [5.41, 5.74) is -0.0482. The van der Waals surface area contributed by atoms with Crippen molar-refractivity contribution in [3.8, 4) is 11.5 Å². The Morgan fingerprint density at radius 1 is 1.18 bits per heavy atom. The van der Waals surface area contributed by atoms with Crippen molar-refractivity contribution in [2.45, 2.75) is 39.0 Å². The van der Waals surface area contributed by atoms with Crippen LogP contribution in [0, 0.1) is 18.8 Å². The number of aromatic hydroxyl groups is 2. The second kappa shape index (κ2) is 7.92. The van der Waals surface area contributed by atoms with E-state index in [1.165, 1.54) is 6.07 Å². The van der Waals surface area contributed by atoms with Crippen molar-refractivity contribution >= 4 is 22.8 Å². The van der Waals surface area contributed by atoms with Gasteiger partial charge in [-0.3, -0.25) is 9.59 Å². The predicted octanol–water partition coefficient (Wildman–Crippen LogP) is 2.06. The first-order valence-corrected chi connectivity index (χ1v) is 9.24. The van der Waals surface area contributed by atoms with Gasteiger partial charge in [0.2, 0.25) is 5.91 Å². The van der Waals surface area contributed by atoms with Crippen molar-refractivity contribution in [1.29, 1.82) is 0 Å². The van der Waals surface area contributed by atoms with E-state index >= 15 is 0 Å². The molecule has 1 aromatic heterocycles. The minimum Gasteiger partial charge on any atom is -0.508 e. The van der Waals surface area contributed by atoms with E-state index in [-0.39, 0.29) is 52.2 Å². The summed E-state index contributed by atoms with van der Waals surface area (Å²) in [6.45, 7) is 2.05. The molecular formula is C20H23NO7. The van der Waals surface area contributed by atoms with Gasteiger partial charge in [0, 0.05) is 18.7 Å². The summed E-state index contributed by atoms with van der Waals surface area (Å²) in [6, 6.07) is 2.38. The fourth-order valence-corrected chi connectivity index (χ4v) is 3.81. The summed E-state index contributed by atoms with van der Waals surface area (Å²) >= 11 is 0. The molecule has 1 aliphatic rings. The summed E-state index contributed by atoms with van der Waals surface area (Å²) in [5, 5.41) is 31.7. The zero-order chi connectivity index (χ0) is 20.4. The van der Waals surface area contributed by atoms with Crippen LogP contribution in [-0.4, -0.2) is 33.7 Å². The summed E-state index contributed by atoms with van der Waals surface area (Å²) in [5.74, 6) is -1.64. The highest BCUT2D eigenvalue weighted by atomic mass is 16.4. The molecule has 0 bridgehead atoms. The number of fused-ring (bicyclic) bond motifs is 1. The van der Waals surface area contributed by atoms with Crippen molar-refractivity contribution in [2.24, 2.45) is 11.8 Å². The van der Waals surface area contributed by atoms with E-state index in [1.54, 1.807) is 6.92 Å². The molecule has 1 amide bonds. The Hall–Kier alpha value is -3.03. The Morgan fingerprint density at radius 3 is 2.50 bits per heavy atom. The Labute approximate surface area is 160 Å². The topological polar surface area (TPSA) is 137 Å². The molecule has 1 aliphatic carbocycles. The second-order valence-corrected chi connectivity index (χ2v) is 7.37. The molecular weight excluding hydrogens is 366 g/mol. The third kappa shape index (κ3) is 4.11. The minimum atomic E-state index is -0.766. The second-order valence-electron chi connectivity index (χ2n) is 7.37. The normalized spacial score (nSPS) is 19.5. The van der Waals surface area contributed by atoms with Crippen LogP contribution in [0.2, 0.25) is 0 Å². The molecule has 28 heavy (non-hydrogen) atoms. The van der Waals surface area contributed by atoms with E-state index in [1.807, 2.05) is 0 Å². The van der Waals surface area contributed by atoms with Crippen LogP contribution >= 0.6 is 0 Å². The number of benzene rings is 1. The average Bonchev–Trinajstić information content (AvgIpc) is 2.63. The quantitative estimate of drug-likeness (QED) is 0.574. The van der Waals surface area contributed by atoms with Crippen molar-refractivity contribution in [2.75, 3.05) is 6.54 Å². The number of hydrogen-bond donors (Lipinski definition) is 4. The Bertz CT molecular complexity index is 971. The molecule has 0 radical (unpaired) electrons. The van der Waals surface area contributed by atoms with Crippen molar-refractivity contribution in [3.63, 3.8) is 0 Å². The van der Waals surface area contributed by atoms with Crippen LogP contribution < -0.4 is 10.9 Å². The maximum atomic E-state index is 12.3. The van der Waals surface area contributed by atoms with Crippen LogP contribution in [0.5, 0.6) is 11.5 Å². The average molecular weight is 389 g/mol. The zero-order valence-electron chi connectivity index (χ0n) is 15.5. The summed E-state index contributed by atoms with van der Waals surface area (Å²) in [4.78, 5) is 35.6. The van der Waals surface area contributed by atoms with Gasteiger partial charge in [0.25, 0.3) is 0 Å². The zero-order valence-corrected chi connectivity index (χ0v) is 15.5. The van der Waals surface area contributed by atoms with Crippen LogP contribution in [0.3, 0.4) is 0 Å². The number of phenolic OH excluding ortho intramolecular Hbond substituents is 2. The van der Waals surface area contributed by atoms with Crippen molar-refractivity contribution in [1.82, 2.24) is 5.32 Å². The lowest BCUT2D eigenvalue weighted by Crippen LogP contribution is -2.34. The number of carboxylic acid groups (broad SMARTS) is 1. The molecule has 2 aromatic rings. The number of aryl methyl sites for hydroxylation is 1. The smallest absolute Gasteiger partial charge is 0.340 e. The molecule has 4 N–H and O–H groups in total. The van der Waals surface area contributed by atoms with Gasteiger partial charge in [-0.05, 0) is 44.1 Å². The lowest BCUT2D eigenvalue weighted by atomic mass is 9.82. The fourth-order valence-electron chi connectivity index (χ4n) is 3.81. The number of aliphatic carboxylic acids is 1. The first-order valence-electron chi connectivity index (χ1n) is 9.24. The number of carbonyl (C=O) groups is 2. The van der Waals surface area contributed by atoms with Crippen LogP contribution in [0.1, 0.15) is 36.8 Å². The SMILES string of the molecule is Cc1c(CC(=O)NCC2CCC(C(=O)O)CC2)c(=O)oc2cc(O)cc(O)c12. The maximum absolute atomic E-state index is 12.3. The largest absolute Gasteiger partial charge is 0.508 e. The highest BCUT2D eigenvalue weighted by Crippen LogP contribution is 2.32. The van der Waals surface area contributed by atoms with E-state index in [9.17, 15) is 24.6 Å². The van der Waals surface area contributed by atoms with Crippen LogP contribution in [0.15, 0.2) is 21.3 Å². The molecule has 8 nitrogen and oxygen atoms in total. The van der Waals surface area contributed by atoms with Crippen LogP contribution in [-0.2, 0) is 16.0 Å². The number of carboxylic acids is 1. The van der Waals surface area contributed by atoms with Crippen LogP contribution in [0.25, 0.3) is 11.0 Å². The first kappa shape index (κ1) is 19.7. The molecule has 0 atom stereocenters. The number of amides is 1. The van der Waals surface area contributed by atoms with Gasteiger partial charge in [0.05, 0.1) is 23.3 Å². The minimum absolute atomic E-state index is 0.0550. The number of nitrogens with one attached hydrogen (secondary N) is 1. The predicted molar refractivity (Wildman–Crippen MR) is 100 cm³/mol. The molecule has 0 aliphatic heterocycles. The molecule has 1 aromatic carbocycles. The monoisotopic (exact) mass is 389 g/mol. The first-order chi connectivity index (χ1) is 13.3. The van der Waals surface area contributed by atoms with Gasteiger partial charge < -0.3 is 25.1 Å². The summed E-state index contributed by atoms with van der Waals surface area (Å²) in [7, 11) is 0. The van der Waals surface area contributed by atoms with Gasteiger partial charge in [-0.25, -0.2) is 4.79 Å². The Morgan fingerprint density at radius 2 is 1.86 bits per heavy atom. The standard InChI is InChI=1S/C20H23NO7/c1-10-14(20(27)28-16-7-13(22)6-15(23)18(10)16)8-17(24)21-9-11-2-4-12(5-3-11)19(25)26/h6-7,11-12,22-23H,2-5,8-9H2,1H3,(H,21,24)(H,25,26). The summed E-state index contributed by atoms with van der Waals surface area (Å²) in [6.07, 6.45) is 2.51. The van der Waals surface area contributed by atoms with Gasteiger partial charge in [0.1, 0.15) is 17.1 Å². The molecule has 1 heterocycles. The van der Waals surface area contributed by atoms with Crippen molar-refractivity contribution < 1.29 is 29.3 Å². The molecule has 0 spiro atoms. The van der Waals surface area contributed by atoms with Gasteiger partial charge in [-0.15, -0.1) is 0 Å². The highest BCUT2D eigenvalue weighted by Gasteiger charge is 2.26. The van der Waals surface area contributed by atoms with Gasteiger partial charge in [-0.1, -0.05) is 0 Å². The fraction of sp³-hybridized carbons (Fsp3) is 0.450. The van der Waals surface area contributed by atoms with E-state index < -0.39 is 11.6 Å². The van der Waals surface area contributed by atoms with Crippen molar-refractivity contribution in [3.05, 3.63) is 33.7 Å². The van der Waals surface area contributed by atoms with Gasteiger partial charge in [0.15, 0.2) is 0 Å². The number of rotatable bonds is 5. The number of phenols is 2. The molecule has 1 fully saturated rings. The Kier molecular flexibility index (Phi) is 5.58. The van der Waals surface area contributed by atoms with E-state index in [0.29, 0.717) is 24.9 Å². The molecule has 3 rings (SSSR count). The Balaban J connectivity index is 1.67. The van der Waals surface area contributed by atoms with Crippen LogP contribution in [0.4, 0.5) is 0 Å². The van der Waals surface area contributed by atoms with Gasteiger partial charge in [-0.2, -0.15) is 0 Å². The number of hydrogen-bond acceptors (Lipinski definition) is 6. The lowest BCUT2D eigenvalue weighted by molar-refractivity contribution is -0.143. The highest BCUT2D eigenvalue weighted by molar-refractivity contribution is 5.90. The molecule has 150 valence electrons. The molecule has 1 saturated carbocycles. The van der Waals surface area contributed by atoms with Gasteiger partial charge >= 0.3 is 11.6 Å². The summed E-state index contributed by atoms with van der Waals surface area (Å²) < 4.78 is 5.15. The number of carbonyl (C=O) groups excluding carboxylic acids is 1. The van der Waals surface area contributed by atoms with E-state index in [2.05, 4.69) is 5.32 Å². The lowest BCUT2D eigenvalue weighted by Gasteiger charge is -2.26. The third-order valence-corrected chi connectivity index (χ3v) is 5.46.